The Hall–Kier alpha value is -1.33. The molecule has 0 saturated carbocycles. The second-order valence-corrected chi connectivity index (χ2v) is 6.10. The minimum Gasteiger partial charge on any atom is -0.380 e. The number of ether oxygens (including phenoxy) is 1. The Morgan fingerprint density at radius 1 is 1.00 bits per heavy atom. The summed E-state index contributed by atoms with van der Waals surface area (Å²) in [4.78, 5) is -1.11. The van der Waals surface area contributed by atoms with Crippen molar-refractivity contribution in [2.45, 2.75) is 24.2 Å². The first kappa shape index (κ1) is 19.7. The number of nitrogens with one attached hydrogen (secondary N) is 1. The summed E-state index contributed by atoms with van der Waals surface area (Å²) >= 11 is 0. The number of sulfonamides is 1. The molecule has 0 spiro atoms. The standard InChI is InChI=1S/C12H13F6NO3S/c1-2-22-4-3-19-23(20,21)10-6-8(11(13,14)15)5-9(7-10)12(16,17)18/h5-7,19H,2-4H2,1H3. The van der Waals surface area contributed by atoms with Crippen LogP contribution in [0.25, 0.3) is 0 Å². The van der Waals surface area contributed by atoms with Crippen molar-refractivity contribution in [3.63, 3.8) is 0 Å². The minimum absolute atomic E-state index is 0.0686. The molecule has 0 fully saturated rings. The summed E-state index contributed by atoms with van der Waals surface area (Å²) in [6.45, 7) is 1.56. The Kier molecular flexibility index (Phi) is 6.05. The van der Waals surface area contributed by atoms with Crippen molar-refractivity contribution in [3.05, 3.63) is 29.3 Å². The van der Waals surface area contributed by atoms with Gasteiger partial charge in [0.15, 0.2) is 0 Å². The average molecular weight is 365 g/mol. The summed E-state index contributed by atoms with van der Waals surface area (Å²) in [6, 6.07) is 0.162. The van der Waals surface area contributed by atoms with Crippen molar-refractivity contribution in [3.8, 4) is 0 Å². The van der Waals surface area contributed by atoms with Crippen LogP contribution < -0.4 is 4.72 Å². The summed E-state index contributed by atoms with van der Waals surface area (Å²) in [5.41, 5.74) is -3.39. The van der Waals surface area contributed by atoms with Gasteiger partial charge in [0.05, 0.1) is 22.6 Å². The number of benzene rings is 1. The van der Waals surface area contributed by atoms with Gasteiger partial charge in [-0.25, -0.2) is 13.1 Å². The van der Waals surface area contributed by atoms with Gasteiger partial charge in [-0.15, -0.1) is 0 Å². The van der Waals surface area contributed by atoms with Crippen molar-refractivity contribution >= 4 is 10.0 Å². The van der Waals surface area contributed by atoms with Gasteiger partial charge in [-0.3, -0.25) is 0 Å². The Balaban J connectivity index is 3.24. The maximum absolute atomic E-state index is 12.7. The highest BCUT2D eigenvalue weighted by Gasteiger charge is 2.38. The van der Waals surface area contributed by atoms with Crippen molar-refractivity contribution in [1.29, 1.82) is 0 Å². The molecule has 0 aromatic heterocycles. The predicted octanol–water partition coefficient (Wildman–Crippen LogP) is 3.04. The molecule has 0 amide bonds. The van der Waals surface area contributed by atoms with E-state index in [9.17, 15) is 34.8 Å². The van der Waals surface area contributed by atoms with Crippen LogP contribution in [0.4, 0.5) is 26.3 Å². The zero-order chi connectivity index (χ0) is 17.9. The topological polar surface area (TPSA) is 55.4 Å². The summed E-state index contributed by atoms with van der Waals surface area (Å²) in [5.74, 6) is 0. The fourth-order valence-corrected chi connectivity index (χ4v) is 2.64. The van der Waals surface area contributed by atoms with Gasteiger partial charge in [0, 0.05) is 13.2 Å². The van der Waals surface area contributed by atoms with Gasteiger partial charge >= 0.3 is 12.4 Å². The third-order valence-electron chi connectivity index (χ3n) is 2.61. The number of halogens is 6. The Bertz CT molecular complexity index is 607. The summed E-state index contributed by atoms with van der Waals surface area (Å²) in [7, 11) is -4.54. The van der Waals surface area contributed by atoms with E-state index in [1.165, 1.54) is 0 Å². The Morgan fingerprint density at radius 3 is 1.87 bits per heavy atom. The van der Waals surface area contributed by atoms with E-state index in [1.54, 1.807) is 6.92 Å². The van der Waals surface area contributed by atoms with Crippen LogP contribution in [0.2, 0.25) is 0 Å². The molecule has 11 heteroatoms. The molecule has 0 radical (unpaired) electrons. The lowest BCUT2D eigenvalue weighted by Crippen LogP contribution is -2.28. The maximum atomic E-state index is 12.7. The van der Waals surface area contributed by atoms with Crippen molar-refractivity contribution in [2.75, 3.05) is 19.8 Å². The molecule has 0 unspecified atom stereocenters. The summed E-state index contributed by atoms with van der Waals surface area (Å²) < 4.78 is 106. The van der Waals surface area contributed by atoms with E-state index in [1.807, 2.05) is 4.72 Å². The zero-order valence-electron chi connectivity index (χ0n) is 11.8. The van der Waals surface area contributed by atoms with Gasteiger partial charge in [-0.05, 0) is 25.1 Å². The van der Waals surface area contributed by atoms with Crippen LogP contribution >= 0.6 is 0 Å². The lowest BCUT2D eigenvalue weighted by molar-refractivity contribution is -0.143. The zero-order valence-corrected chi connectivity index (χ0v) is 12.6. The van der Waals surface area contributed by atoms with Crippen LogP contribution in [0.15, 0.2) is 23.1 Å². The fraction of sp³-hybridized carbons (Fsp3) is 0.500. The molecule has 1 rings (SSSR count). The first-order valence-corrected chi connectivity index (χ1v) is 7.73. The van der Waals surface area contributed by atoms with Crippen LogP contribution in [-0.2, 0) is 27.1 Å². The average Bonchev–Trinajstić information content (AvgIpc) is 2.41. The van der Waals surface area contributed by atoms with Crippen molar-refractivity contribution in [1.82, 2.24) is 4.72 Å². The van der Waals surface area contributed by atoms with Crippen LogP contribution in [0.5, 0.6) is 0 Å². The molecule has 0 heterocycles. The predicted molar refractivity (Wildman–Crippen MR) is 68.1 cm³/mol. The van der Waals surface area contributed by atoms with Gasteiger partial charge in [0.25, 0.3) is 0 Å². The molecule has 0 atom stereocenters. The molecular formula is C12H13F6NO3S. The second-order valence-electron chi connectivity index (χ2n) is 4.34. The van der Waals surface area contributed by atoms with Gasteiger partial charge in [-0.2, -0.15) is 26.3 Å². The molecule has 0 aliphatic heterocycles. The minimum atomic E-state index is -5.11. The lowest BCUT2D eigenvalue weighted by atomic mass is 10.1. The van der Waals surface area contributed by atoms with Crippen LogP contribution in [0.3, 0.4) is 0 Å². The van der Waals surface area contributed by atoms with Gasteiger partial charge < -0.3 is 4.74 Å². The second kappa shape index (κ2) is 7.05. The molecule has 0 aliphatic rings. The molecule has 4 nitrogen and oxygen atoms in total. The Morgan fingerprint density at radius 2 is 1.48 bits per heavy atom. The number of hydrogen-bond acceptors (Lipinski definition) is 3. The van der Waals surface area contributed by atoms with E-state index in [0.717, 1.165) is 0 Å². The maximum Gasteiger partial charge on any atom is 0.416 e. The summed E-state index contributed by atoms with van der Waals surface area (Å²) in [6.07, 6.45) is -10.2. The highest BCUT2D eigenvalue weighted by Crippen LogP contribution is 2.37. The van der Waals surface area contributed by atoms with Crippen molar-refractivity contribution < 1.29 is 39.5 Å². The molecule has 23 heavy (non-hydrogen) atoms. The first-order chi connectivity index (χ1) is 10.4. The SMILES string of the molecule is CCOCCNS(=O)(=O)c1cc(C(F)(F)F)cc(C(F)(F)F)c1. The highest BCUT2D eigenvalue weighted by molar-refractivity contribution is 7.89. The number of rotatable bonds is 6. The molecule has 132 valence electrons. The van der Waals surface area contributed by atoms with Crippen LogP contribution in [0.1, 0.15) is 18.1 Å². The largest absolute Gasteiger partial charge is 0.416 e. The Labute approximate surface area is 128 Å². The van der Waals surface area contributed by atoms with Crippen LogP contribution in [-0.4, -0.2) is 28.2 Å². The lowest BCUT2D eigenvalue weighted by Gasteiger charge is -2.14. The molecule has 1 N–H and O–H groups in total. The molecule has 1 aromatic carbocycles. The monoisotopic (exact) mass is 365 g/mol. The highest BCUT2D eigenvalue weighted by atomic mass is 32.2. The molecule has 1 aromatic rings. The normalized spacial score (nSPS) is 13.3. The molecule has 0 aliphatic carbocycles. The van der Waals surface area contributed by atoms with E-state index >= 15 is 0 Å². The molecule has 0 saturated heterocycles. The van der Waals surface area contributed by atoms with E-state index < -0.39 is 38.4 Å². The van der Waals surface area contributed by atoms with E-state index in [4.69, 9.17) is 4.74 Å². The van der Waals surface area contributed by atoms with E-state index in [2.05, 4.69) is 0 Å². The van der Waals surface area contributed by atoms with E-state index in [-0.39, 0.29) is 38.0 Å². The fourth-order valence-electron chi connectivity index (χ4n) is 1.56. The van der Waals surface area contributed by atoms with E-state index in [0.29, 0.717) is 0 Å². The smallest absolute Gasteiger partial charge is 0.380 e. The number of hydrogen-bond donors (Lipinski definition) is 1. The van der Waals surface area contributed by atoms with Crippen molar-refractivity contribution in [2.24, 2.45) is 0 Å². The van der Waals surface area contributed by atoms with Gasteiger partial charge in [0.1, 0.15) is 0 Å². The third-order valence-corrected chi connectivity index (χ3v) is 4.05. The van der Waals surface area contributed by atoms with Gasteiger partial charge in [0.2, 0.25) is 10.0 Å². The first-order valence-electron chi connectivity index (χ1n) is 6.25. The quantitative estimate of drug-likeness (QED) is 0.623. The molecular weight excluding hydrogens is 352 g/mol. The number of alkyl halides is 6. The van der Waals surface area contributed by atoms with Crippen LogP contribution in [0, 0.1) is 0 Å². The molecule has 0 bridgehead atoms. The van der Waals surface area contributed by atoms with Gasteiger partial charge in [-0.1, -0.05) is 0 Å². The summed E-state index contributed by atoms with van der Waals surface area (Å²) in [5, 5.41) is 0. The third kappa shape index (κ3) is 5.66.